The number of phenols is 1. The van der Waals surface area contributed by atoms with E-state index in [1.54, 1.807) is 42.2 Å². The number of carbonyl (C=O) groups is 2. The number of rotatable bonds is 7. The van der Waals surface area contributed by atoms with Crippen LogP contribution in [0.4, 0.5) is 0 Å². The minimum atomic E-state index is -3.82. The third kappa shape index (κ3) is 5.62. The number of carbonyl (C=O) groups excluding carboxylic acids is 2. The van der Waals surface area contributed by atoms with Gasteiger partial charge in [-0.2, -0.15) is 4.31 Å². The molecule has 0 spiro atoms. The fraction of sp³-hybridized carbons (Fsp3) is 0.364. The summed E-state index contributed by atoms with van der Waals surface area (Å²) in [6, 6.07) is 13.3. The predicted octanol–water partition coefficient (Wildman–Crippen LogP) is 1.74. The maximum atomic E-state index is 12.9. The van der Waals surface area contributed by atoms with Crippen LogP contribution in [-0.4, -0.2) is 67.3 Å². The molecule has 1 aliphatic rings. The van der Waals surface area contributed by atoms with Crippen LogP contribution in [0.15, 0.2) is 53.4 Å². The Morgan fingerprint density at radius 3 is 2.39 bits per heavy atom. The summed E-state index contributed by atoms with van der Waals surface area (Å²) >= 11 is 0. The third-order valence-electron chi connectivity index (χ3n) is 5.21. The summed E-state index contributed by atoms with van der Waals surface area (Å²) in [4.78, 5) is 26.0. The highest BCUT2D eigenvalue weighted by Crippen LogP contribution is 2.27. The number of phenolic OH excluding ortho intramolecular Hbond substituents is 1. The van der Waals surface area contributed by atoms with Crippen LogP contribution in [0, 0.1) is 6.92 Å². The molecule has 0 unspecified atom stereocenters. The number of benzene rings is 2. The van der Waals surface area contributed by atoms with Crippen LogP contribution < -0.4 is 5.32 Å². The summed E-state index contributed by atoms with van der Waals surface area (Å²) in [6.45, 7) is 3.08. The molecular weight excluding hydrogens is 418 g/mol. The van der Waals surface area contributed by atoms with Gasteiger partial charge < -0.3 is 15.3 Å². The number of nitrogens with zero attached hydrogens (tertiary/aromatic N) is 2. The molecule has 31 heavy (non-hydrogen) atoms. The lowest BCUT2D eigenvalue weighted by Gasteiger charge is -2.34. The van der Waals surface area contributed by atoms with Gasteiger partial charge in [0.15, 0.2) is 0 Å². The lowest BCUT2D eigenvalue weighted by Crippen LogP contribution is -2.50. The van der Waals surface area contributed by atoms with Crippen molar-refractivity contribution in [1.82, 2.24) is 14.5 Å². The first-order valence-corrected chi connectivity index (χ1v) is 11.6. The maximum absolute atomic E-state index is 12.9. The second kappa shape index (κ2) is 9.93. The van der Waals surface area contributed by atoms with Crippen LogP contribution in [0.2, 0.25) is 0 Å². The van der Waals surface area contributed by atoms with Crippen molar-refractivity contribution in [2.75, 3.05) is 32.7 Å². The molecule has 2 amide bonds. The van der Waals surface area contributed by atoms with Gasteiger partial charge in [-0.15, -0.1) is 0 Å². The third-order valence-corrected chi connectivity index (χ3v) is 7.14. The molecule has 0 bridgehead atoms. The summed E-state index contributed by atoms with van der Waals surface area (Å²) in [5.74, 6) is -0.516. The van der Waals surface area contributed by atoms with Crippen molar-refractivity contribution in [2.24, 2.45) is 0 Å². The van der Waals surface area contributed by atoms with Crippen molar-refractivity contribution in [2.45, 2.75) is 24.7 Å². The van der Waals surface area contributed by atoms with Gasteiger partial charge in [-0.05, 0) is 43.2 Å². The van der Waals surface area contributed by atoms with E-state index < -0.39 is 10.0 Å². The van der Waals surface area contributed by atoms with E-state index in [0.717, 1.165) is 5.56 Å². The monoisotopic (exact) mass is 445 g/mol. The minimum Gasteiger partial charge on any atom is -0.507 e. The fourth-order valence-electron chi connectivity index (χ4n) is 3.44. The Morgan fingerprint density at radius 1 is 1.03 bits per heavy atom. The molecule has 0 aromatic heterocycles. The van der Waals surface area contributed by atoms with E-state index in [0.29, 0.717) is 31.6 Å². The highest BCUT2D eigenvalue weighted by molar-refractivity contribution is 7.89. The Bertz CT molecular complexity index is 1030. The Balaban J connectivity index is 1.45. The van der Waals surface area contributed by atoms with E-state index >= 15 is 0 Å². The number of hydrogen-bond donors (Lipinski definition) is 2. The highest BCUT2D eigenvalue weighted by atomic mass is 32.2. The van der Waals surface area contributed by atoms with Crippen LogP contribution in [0.1, 0.15) is 28.8 Å². The standard InChI is InChI=1S/C22H27N3O5S/c1-17-9-10-19(26)20(16-17)31(29,30)25-14-12-24(13-15-25)21(27)8-5-11-23-22(28)18-6-3-2-4-7-18/h2-4,6-7,9-10,16,26H,5,8,11-15H2,1H3,(H,23,28). The van der Waals surface area contributed by atoms with Gasteiger partial charge in [0.05, 0.1) is 0 Å². The Hall–Kier alpha value is -2.91. The van der Waals surface area contributed by atoms with Crippen LogP contribution in [-0.2, 0) is 14.8 Å². The molecule has 166 valence electrons. The number of aromatic hydroxyl groups is 1. The molecule has 0 saturated carbocycles. The molecule has 9 heteroatoms. The minimum absolute atomic E-state index is 0.0654. The topological polar surface area (TPSA) is 107 Å². The maximum Gasteiger partial charge on any atom is 0.251 e. The van der Waals surface area contributed by atoms with Gasteiger partial charge in [-0.3, -0.25) is 9.59 Å². The van der Waals surface area contributed by atoms with Crippen molar-refractivity contribution in [3.05, 3.63) is 59.7 Å². The zero-order chi connectivity index (χ0) is 22.4. The van der Waals surface area contributed by atoms with E-state index in [1.165, 1.54) is 16.4 Å². The Kier molecular flexibility index (Phi) is 7.29. The molecule has 1 fully saturated rings. The number of sulfonamides is 1. The number of nitrogens with one attached hydrogen (secondary N) is 1. The van der Waals surface area contributed by atoms with Crippen molar-refractivity contribution < 1.29 is 23.1 Å². The first kappa shape index (κ1) is 22.8. The van der Waals surface area contributed by atoms with Gasteiger partial charge in [0, 0.05) is 44.7 Å². The molecule has 8 nitrogen and oxygen atoms in total. The van der Waals surface area contributed by atoms with Gasteiger partial charge in [0.2, 0.25) is 15.9 Å². The number of piperazine rings is 1. The van der Waals surface area contributed by atoms with Gasteiger partial charge in [-0.25, -0.2) is 8.42 Å². The summed E-state index contributed by atoms with van der Waals surface area (Å²) in [5, 5.41) is 12.8. The van der Waals surface area contributed by atoms with Crippen molar-refractivity contribution in [3.8, 4) is 5.75 Å². The molecule has 0 atom stereocenters. The van der Waals surface area contributed by atoms with E-state index in [2.05, 4.69) is 5.32 Å². The summed E-state index contributed by atoms with van der Waals surface area (Å²) < 4.78 is 27.0. The molecule has 2 aromatic carbocycles. The summed E-state index contributed by atoms with van der Waals surface area (Å²) in [7, 11) is -3.82. The average Bonchev–Trinajstić information content (AvgIpc) is 2.78. The molecule has 0 aliphatic carbocycles. The smallest absolute Gasteiger partial charge is 0.251 e. The second-order valence-corrected chi connectivity index (χ2v) is 9.39. The largest absolute Gasteiger partial charge is 0.507 e. The first-order valence-electron chi connectivity index (χ1n) is 10.2. The van der Waals surface area contributed by atoms with E-state index in [9.17, 15) is 23.1 Å². The molecule has 2 N–H and O–H groups in total. The molecule has 2 aromatic rings. The molecule has 0 radical (unpaired) electrons. The molecule has 1 heterocycles. The molecule has 1 saturated heterocycles. The van der Waals surface area contributed by atoms with Gasteiger partial charge in [0.25, 0.3) is 5.91 Å². The Labute approximate surface area is 182 Å². The predicted molar refractivity (Wildman–Crippen MR) is 116 cm³/mol. The number of amides is 2. The zero-order valence-electron chi connectivity index (χ0n) is 17.5. The Morgan fingerprint density at radius 2 is 1.71 bits per heavy atom. The molecule has 1 aliphatic heterocycles. The van der Waals surface area contributed by atoms with Gasteiger partial charge in [-0.1, -0.05) is 24.3 Å². The van der Waals surface area contributed by atoms with Crippen LogP contribution in [0.5, 0.6) is 5.75 Å². The first-order chi connectivity index (χ1) is 14.8. The van der Waals surface area contributed by atoms with Gasteiger partial charge >= 0.3 is 0 Å². The lowest BCUT2D eigenvalue weighted by atomic mass is 10.2. The summed E-state index contributed by atoms with van der Waals surface area (Å²) in [6.07, 6.45) is 0.785. The number of hydrogen-bond acceptors (Lipinski definition) is 5. The molecular formula is C22H27N3O5S. The van der Waals surface area contributed by atoms with Crippen molar-refractivity contribution in [3.63, 3.8) is 0 Å². The fourth-order valence-corrected chi connectivity index (χ4v) is 5.03. The lowest BCUT2D eigenvalue weighted by molar-refractivity contribution is -0.132. The number of aryl methyl sites for hydroxylation is 1. The molecule has 3 rings (SSSR count). The highest BCUT2D eigenvalue weighted by Gasteiger charge is 2.31. The van der Waals surface area contributed by atoms with Crippen molar-refractivity contribution >= 4 is 21.8 Å². The van der Waals surface area contributed by atoms with E-state index in [-0.39, 0.29) is 42.0 Å². The zero-order valence-corrected chi connectivity index (χ0v) is 18.3. The average molecular weight is 446 g/mol. The SMILES string of the molecule is Cc1ccc(O)c(S(=O)(=O)N2CCN(C(=O)CCCNC(=O)c3ccccc3)CC2)c1. The van der Waals surface area contributed by atoms with Crippen LogP contribution in [0.25, 0.3) is 0 Å². The van der Waals surface area contributed by atoms with Crippen LogP contribution in [0.3, 0.4) is 0 Å². The quantitative estimate of drug-likeness (QED) is 0.632. The normalized spacial score (nSPS) is 14.9. The second-order valence-electron chi connectivity index (χ2n) is 7.48. The van der Waals surface area contributed by atoms with Crippen LogP contribution >= 0.6 is 0 Å². The van der Waals surface area contributed by atoms with E-state index in [1.807, 2.05) is 6.07 Å². The van der Waals surface area contributed by atoms with E-state index in [4.69, 9.17) is 0 Å². The van der Waals surface area contributed by atoms with Crippen molar-refractivity contribution in [1.29, 1.82) is 0 Å². The summed E-state index contributed by atoms with van der Waals surface area (Å²) in [5.41, 5.74) is 1.32. The van der Waals surface area contributed by atoms with Gasteiger partial charge in [0.1, 0.15) is 10.6 Å².